The SMILES string of the molecule is C=CCN1C(=O)C(=C2Sc3ccccc3N2C)SC1=Nc1ccc(Cl)cc1. The molecule has 0 unspecified atom stereocenters. The van der Waals surface area contributed by atoms with Crippen molar-refractivity contribution in [2.24, 2.45) is 4.99 Å². The Balaban J connectivity index is 1.73. The van der Waals surface area contributed by atoms with Gasteiger partial charge in [0.1, 0.15) is 4.91 Å². The molecule has 27 heavy (non-hydrogen) atoms. The van der Waals surface area contributed by atoms with Crippen molar-refractivity contribution in [1.29, 1.82) is 0 Å². The zero-order valence-electron chi connectivity index (χ0n) is 14.6. The maximum absolute atomic E-state index is 13.1. The summed E-state index contributed by atoms with van der Waals surface area (Å²) in [5.41, 5.74) is 1.86. The molecule has 1 saturated heterocycles. The molecule has 2 aliphatic heterocycles. The van der Waals surface area contributed by atoms with Gasteiger partial charge in [-0.1, -0.05) is 41.6 Å². The molecule has 1 amide bonds. The van der Waals surface area contributed by atoms with Crippen LogP contribution < -0.4 is 4.90 Å². The normalized spacial score (nSPS) is 20.5. The number of hydrogen-bond acceptors (Lipinski definition) is 5. The number of rotatable bonds is 3. The molecule has 0 atom stereocenters. The molecule has 4 rings (SSSR count). The predicted molar refractivity (Wildman–Crippen MR) is 116 cm³/mol. The second-order valence-corrected chi connectivity index (χ2v) is 8.38. The number of aliphatic imine (C=N–C) groups is 1. The van der Waals surface area contributed by atoms with Crippen LogP contribution >= 0.6 is 35.1 Å². The van der Waals surface area contributed by atoms with Crippen molar-refractivity contribution in [3.63, 3.8) is 0 Å². The summed E-state index contributed by atoms with van der Waals surface area (Å²) in [7, 11) is 1.99. The van der Waals surface area contributed by atoms with Crippen LogP contribution in [0, 0.1) is 0 Å². The van der Waals surface area contributed by atoms with Gasteiger partial charge in [0, 0.05) is 23.5 Å². The first kappa shape index (κ1) is 18.2. The summed E-state index contributed by atoms with van der Waals surface area (Å²) in [5.74, 6) is -0.0465. The van der Waals surface area contributed by atoms with Gasteiger partial charge in [0.2, 0.25) is 0 Å². The first-order valence-corrected chi connectivity index (χ1v) is 10.3. The third kappa shape index (κ3) is 3.40. The monoisotopic (exact) mass is 413 g/mol. The molecule has 0 bridgehead atoms. The van der Waals surface area contributed by atoms with E-state index in [9.17, 15) is 4.79 Å². The van der Waals surface area contributed by atoms with Crippen LogP contribution in [0.3, 0.4) is 0 Å². The maximum atomic E-state index is 13.1. The van der Waals surface area contributed by atoms with Gasteiger partial charge in [-0.15, -0.1) is 6.58 Å². The molecule has 0 aromatic heterocycles. The van der Waals surface area contributed by atoms with Crippen LogP contribution in [0.25, 0.3) is 0 Å². The van der Waals surface area contributed by atoms with E-state index >= 15 is 0 Å². The molecule has 0 spiro atoms. The van der Waals surface area contributed by atoms with Gasteiger partial charge >= 0.3 is 0 Å². The third-order valence-corrected chi connectivity index (χ3v) is 6.84. The molecule has 2 aromatic rings. The van der Waals surface area contributed by atoms with Gasteiger partial charge in [-0.2, -0.15) is 0 Å². The summed E-state index contributed by atoms with van der Waals surface area (Å²) in [6.45, 7) is 4.19. The minimum Gasteiger partial charge on any atom is -0.337 e. The van der Waals surface area contributed by atoms with Crippen LogP contribution in [-0.4, -0.2) is 29.6 Å². The van der Waals surface area contributed by atoms with E-state index in [0.29, 0.717) is 21.6 Å². The summed E-state index contributed by atoms with van der Waals surface area (Å²) in [6, 6.07) is 15.4. The van der Waals surface area contributed by atoms with Crippen LogP contribution in [-0.2, 0) is 4.79 Å². The summed E-state index contributed by atoms with van der Waals surface area (Å²) < 4.78 is 0. The Hall–Kier alpha value is -2.15. The Kier molecular flexibility index (Phi) is 5.04. The fourth-order valence-corrected chi connectivity index (χ4v) is 5.31. The highest BCUT2D eigenvalue weighted by Gasteiger charge is 2.38. The molecule has 136 valence electrons. The molecule has 1 fully saturated rings. The molecule has 7 heteroatoms. The average molecular weight is 414 g/mol. The Morgan fingerprint density at radius 3 is 2.59 bits per heavy atom. The molecule has 2 heterocycles. The number of carbonyl (C=O) groups excluding carboxylic acids is 1. The van der Waals surface area contributed by atoms with E-state index in [1.54, 1.807) is 34.9 Å². The van der Waals surface area contributed by atoms with E-state index in [0.717, 1.165) is 21.3 Å². The first-order chi connectivity index (χ1) is 13.1. The van der Waals surface area contributed by atoms with Gasteiger partial charge in [-0.05, 0) is 48.2 Å². The lowest BCUT2D eigenvalue weighted by molar-refractivity contribution is -0.121. The number of amides is 1. The molecule has 0 N–H and O–H groups in total. The van der Waals surface area contributed by atoms with Crippen molar-refractivity contribution in [1.82, 2.24) is 4.90 Å². The van der Waals surface area contributed by atoms with Crippen LogP contribution in [0.15, 0.2) is 81.0 Å². The van der Waals surface area contributed by atoms with Crippen LogP contribution in [0.1, 0.15) is 0 Å². The topological polar surface area (TPSA) is 35.9 Å². The van der Waals surface area contributed by atoms with E-state index in [1.807, 2.05) is 31.3 Å². The zero-order valence-corrected chi connectivity index (χ0v) is 16.9. The maximum Gasteiger partial charge on any atom is 0.269 e. The highest BCUT2D eigenvalue weighted by atomic mass is 35.5. The number of nitrogens with zero attached hydrogens (tertiary/aromatic N) is 3. The van der Waals surface area contributed by atoms with Gasteiger partial charge in [0.05, 0.1) is 16.4 Å². The Morgan fingerprint density at radius 2 is 1.89 bits per heavy atom. The number of anilines is 1. The molecule has 0 radical (unpaired) electrons. The van der Waals surface area contributed by atoms with E-state index in [2.05, 4.69) is 28.6 Å². The number of thioether (sulfide) groups is 2. The Morgan fingerprint density at radius 1 is 1.15 bits per heavy atom. The van der Waals surface area contributed by atoms with Crippen LogP contribution in [0.4, 0.5) is 11.4 Å². The number of fused-ring (bicyclic) bond motifs is 1. The number of amidine groups is 1. The lowest BCUT2D eigenvalue weighted by Gasteiger charge is -2.15. The van der Waals surface area contributed by atoms with Crippen molar-refractivity contribution in [3.05, 3.63) is 76.1 Å². The minimum absolute atomic E-state index is 0.0465. The average Bonchev–Trinajstić information content (AvgIpc) is 3.16. The number of carbonyl (C=O) groups is 1. The number of benzene rings is 2. The van der Waals surface area contributed by atoms with Gasteiger partial charge < -0.3 is 4.90 Å². The zero-order chi connectivity index (χ0) is 19.0. The van der Waals surface area contributed by atoms with Crippen LogP contribution in [0.2, 0.25) is 5.02 Å². The van der Waals surface area contributed by atoms with E-state index in [-0.39, 0.29) is 5.91 Å². The smallest absolute Gasteiger partial charge is 0.269 e. The molecule has 0 saturated carbocycles. The quantitative estimate of drug-likeness (QED) is 0.491. The second-order valence-electron chi connectivity index (χ2n) is 5.94. The second kappa shape index (κ2) is 7.46. The molecular formula is C20H16ClN3OS2. The Bertz CT molecular complexity index is 985. The van der Waals surface area contributed by atoms with Crippen molar-refractivity contribution >= 4 is 57.6 Å². The van der Waals surface area contributed by atoms with Gasteiger partial charge in [0.25, 0.3) is 5.91 Å². The lowest BCUT2D eigenvalue weighted by atomic mass is 10.3. The molecule has 4 nitrogen and oxygen atoms in total. The summed E-state index contributed by atoms with van der Waals surface area (Å²) in [4.78, 5) is 23.3. The fourth-order valence-electron chi connectivity index (χ4n) is 2.84. The summed E-state index contributed by atoms with van der Waals surface area (Å²) >= 11 is 8.97. The van der Waals surface area contributed by atoms with Gasteiger partial charge in [-0.3, -0.25) is 9.69 Å². The number of halogens is 1. The van der Waals surface area contributed by atoms with Crippen molar-refractivity contribution in [2.75, 3.05) is 18.5 Å². The number of para-hydroxylation sites is 1. The standard InChI is InChI=1S/C20H16ClN3OS2/c1-3-12-24-18(25)17(19-23(2)15-6-4-5-7-16(15)26-19)27-20(24)22-14-10-8-13(21)9-11-14/h3-11H,1,12H2,2H3. The van der Waals surface area contributed by atoms with Crippen molar-refractivity contribution in [3.8, 4) is 0 Å². The lowest BCUT2D eigenvalue weighted by Crippen LogP contribution is -2.29. The molecule has 2 aliphatic rings. The minimum atomic E-state index is -0.0465. The third-order valence-electron chi connectivity index (χ3n) is 4.16. The highest BCUT2D eigenvalue weighted by molar-refractivity contribution is 8.19. The van der Waals surface area contributed by atoms with E-state index in [4.69, 9.17) is 11.6 Å². The largest absolute Gasteiger partial charge is 0.337 e. The van der Waals surface area contributed by atoms with Crippen molar-refractivity contribution in [2.45, 2.75) is 4.90 Å². The van der Waals surface area contributed by atoms with Gasteiger partial charge in [0.15, 0.2) is 5.17 Å². The first-order valence-electron chi connectivity index (χ1n) is 8.28. The summed E-state index contributed by atoms with van der Waals surface area (Å²) in [5, 5.41) is 2.23. The Labute approximate surface area is 171 Å². The fraction of sp³-hybridized carbons (Fsp3) is 0.100. The summed E-state index contributed by atoms with van der Waals surface area (Å²) in [6.07, 6.45) is 1.71. The predicted octanol–water partition coefficient (Wildman–Crippen LogP) is 5.50. The molecule has 0 aliphatic carbocycles. The number of hydrogen-bond donors (Lipinski definition) is 0. The molecular weight excluding hydrogens is 398 g/mol. The molecule has 2 aromatic carbocycles. The van der Waals surface area contributed by atoms with E-state index in [1.165, 1.54) is 11.8 Å². The van der Waals surface area contributed by atoms with E-state index < -0.39 is 0 Å². The highest BCUT2D eigenvalue weighted by Crippen LogP contribution is 2.49. The van der Waals surface area contributed by atoms with Crippen molar-refractivity contribution < 1.29 is 4.79 Å². The van der Waals surface area contributed by atoms with Crippen LogP contribution in [0.5, 0.6) is 0 Å². The van der Waals surface area contributed by atoms with Gasteiger partial charge in [-0.25, -0.2) is 4.99 Å².